The maximum absolute atomic E-state index is 10.9. The molecule has 2 aromatic rings. The summed E-state index contributed by atoms with van der Waals surface area (Å²) in [4.78, 5) is 11.2. The van der Waals surface area contributed by atoms with Crippen LogP contribution in [0, 0.1) is 10.1 Å². The second-order valence-electron chi connectivity index (χ2n) is 3.64. The number of thioether (sulfide) groups is 1. The molecule has 0 aliphatic heterocycles. The largest absolute Gasteiger partial charge is 0.282 e. The number of benzene rings is 2. The highest BCUT2D eigenvalue weighted by atomic mass is 79.9. The van der Waals surface area contributed by atoms with Crippen molar-refractivity contribution in [1.82, 2.24) is 0 Å². The molecule has 0 aliphatic rings. The van der Waals surface area contributed by atoms with Gasteiger partial charge < -0.3 is 0 Å². The lowest BCUT2D eigenvalue weighted by Gasteiger charge is -2.03. The van der Waals surface area contributed by atoms with Gasteiger partial charge in [-0.15, -0.1) is 11.8 Å². The Morgan fingerprint density at radius 3 is 2.67 bits per heavy atom. The molecule has 0 atom stereocenters. The quantitative estimate of drug-likeness (QED) is 0.467. The van der Waals surface area contributed by atoms with Crippen LogP contribution >= 0.6 is 27.7 Å². The molecule has 92 valence electrons. The molecule has 0 spiro atoms. The lowest BCUT2D eigenvalue weighted by Crippen LogP contribution is -1.90. The molecule has 0 bridgehead atoms. The van der Waals surface area contributed by atoms with Crippen molar-refractivity contribution in [3.05, 3.63) is 68.7 Å². The zero-order valence-electron chi connectivity index (χ0n) is 9.38. The second-order valence-corrected chi connectivity index (χ2v) is 5.58. The fourth-order valence-electron chi connectivity index (χ4n) is 1.52. The van der Waals surface area contributed by atoms with Crippen LogP contribution in [0.3, 0.4) is 0 Å². The van der Waals surface area contributed by atoms with Crippen LogP contribution in [0.15, 0.2) is 57.9 Å². The van der Waals surface area contributed by atoms with Gasteiger partial charge in [0.1, 0.15) is 0 Å². The molecule has 18 heavy (non-hydrogen) atoms. The van der Waals surface area contributed by atoms with Gasteiger partial charge in [0, 0.05) is 16.3 Å². The minimum absolute atomic E-state index is 0.164. The van der Waals surface area contributed by atoms with Gasteiger partial charge in [0.25, 0.3) is 5.69 Å². The first-order chi connectivity index (χ1) is 8.66. The minimum atomic E-state index is -0.344. The Kier molecular flexibility index (Phi) is 4.38. The molecule has 0 saturated heterocycles. The number of hydrogen-bond acceptors (Lipinski definition) is 3. The number of rotatable bonds is 4. The predicted molar refractivity (Wildman–Crippen MR) is 76.8 cm³/mol. The Morgan fingerprint density at radius 2 is 1.94 bits per heavy atom. The summed E-state index contributed by atoms with van der Waals surface area (Å²) in [6.45, 7) is 0. The van der Waals surface area contributed by atoms with Crippen LogP contribution in [0.1, 0.15) is 5.56 Å². The van der Waals surface area contributed by atoms with E-state index >= 15 is 0 Å². The standard InChI is InChI=1S/C13H10BrNO2S/c14-11-5-3-4-10(8-11)9-18-13-7-2-1-6-12(13)15(16)17/h1-8H,9H2. The van der Waals surface area contributed by atoms with Crippen LogP contribution in [0.5, 0.6) is 0 Å². The van der Waals surface area contributed by atoms with Crippen molar-refractivity contribution in [3.8, 4) is 0 Å². The lowest BCUT2D eigenvalue weighted by atomic mass is 10.2. The number of hydrogen-bond donors (Lipinski definition) is 0. The van der Waals surface area contributed by atoms with Gasteiger partial charge in [-0.05, 0) is 23.8 Å². The van der Waals surface area contributed by atoms with Crippen LogP contribution in [-0.2, 0) is 5.75 Å². The van der Waals surface area contributed by atoms with Gasteiger partial charge in [-0.2, -0.15) is 0 Å². The summed E-state index contributed by atoms with van der Waals surface area (Å²) in [5.41, 5.74) is 1.30. The highest BCUT2D eigenvalue weighted by Gasteiger charge is 2.12. The van der Waals surface area contributed by atoms with Crippen molar-refractivity contribution in [3.63, 3.8) is 0 Å². The third-order valence-corrected chi connectivity index (χ3v) is 3.97. The van der Waals surface area contributed by atoms with E-state index in [2.05, 4.69) is 15.9 Å². The van der Waals surface area contributed by atoms with Gasteiger partial charge in [0.15, 0.2) is 0 Å². The van der Waals surface area contributed by atoms with Crippen molar-refractivity contribution in [2.24, 2.45) is 0 Å². The molecular formula is C13H10BrNO2S. The van der Waals surface area contributed by atoms with E-state index in [0.717, 1.165) is 10.0 Å². The molecule has 5 heteroatoms. The maximum Gasteiger partial charge on any atom is 0.282 e. The third kappa shape index (κ3) is 3.34. The first-order valence-electron chi connectivity index (χ1n) is 5.27. The lowest BCUT2D eigenvalue weighted by molar-refractivity contribution is -0.387. The van der Waals surface area contributed by atoms with Crippen molar-refractivity contribution in [2.75, 3.05) is 0 Å². The van der Waals surface area contributed by atoms with Gasteiger partial charge in [-0.3, -0.25) is 10.1 Å². The molecule has 0 heterocycles. The SMILES string of the molecule is O=[N+]([O-])c1ccccc1SCc1cccc(Br)c1. The molecule has 0 unspecified atom stereocenters. The number of halogens is 1. The number of nitro groups is 1. The summed E-state index contributed by atoms with van der Waals surface area (Å²) >= 11 is 4.88. The molecule has 0 N–H and O–H groups in total. The average Bonchev–Trinajstić information content (AvgIpc) is 2.37. The van der Waals surface area contributed by atoms with Gasteiger partial charge >= 0.3 is 0 Å². The Hall–Kier alpha value is -1.33. The van der Waals surface area contributed by atoms with E-state index in [0.29, 0.717) is 10.6 Å². The highest BCUT2D eigenvalue weighted by molar-refractivity contribution is 9.10. The molecule has 2 aromatic carbocycles. The van der Waals surface area contributed by atoms with Crippen molar-refractivity contribution < 1.29 is 4.92 Å². The summed E-state index contributed by atoms with van der Waals surface area (Å²) in [6.07, 6.45) is 0. The van der Waals surface area contributed by atoms with Gasteiger partial charge in [0.05, 0.1) is 9.82 Å². The summed E-state index contributed by atoms with van der Waals surface area (Å²) < 4.78 is 1.02. The molecular weight excluding hydrogens is 314 g/mol. The summed E-state index contributed by atoms with van der Waals surface area (Å²) in [5, 5.41) is 10.9. The monoisotopic (exact) mass is 323 g/mol. The van der Waals surface area contributed by atoms with Crippen LogP contribution in [0.25, 0.3) is 0 Å². The van der Waals surface area contributed by atoms with E-state index in [1.54, 1.807) is 12.1 Å². The van der Waals surface area contributed by atoms with Gasteiger partial charge in [0.2, 0.25) is 0 Å². The third-order valence-electron chi connectivity index (χ3n) is 2.35. The summed E-state index contributed by atoms with van der Waals surface area (Å²) in [7, 11) is 0. The minimum Gasteiger partial charge on any atom is -0.258 e. The number of nitrogens with zero attached hydrogens (tertiary/aromatic N) is 1. The second kappa shape index (κ2) is 6.02. The molecule has 3 nitrogen and oxygen atoms in total. The van der Waals surface area contributed by atoms with E-state index in [9.17, 15) is 10.1 Å². The molecule has 2 rings (SSSR count). The van der Waals surface area contributed by atoms with E-state index in [1.165, 1.54) is 17.8 Å². The van der Waals surface area contributed by atoms with Crippen molar-refractivity contribution in [2.45, 2.75) is 10.6 Å². The molecule has 0 fully saturated rings. The first kappa shape index (κ1) is 13.1. The molecule has 0 amide bonds. The van der Waals surface area contributed by atoms with E-state index in [-0.39, 0.29) is 10.6 Å². The topological polar surface area (TPSA) is 43.1 Å². The smallest absolute Gasteiger partial charge is 0.258 e. The molecule has 0 aromatic heterocycles. The van der Waals surface area contributed by atoms with Crippen LogP contribution in [0.4, 0.5) is 5.69 Å². The average molecular weight is 324 g/mol. The van der Waals surface area contributed by atoms with E-state index in [4.69, 9.17) is 0 Å². The zero-order valence-corrected chi connectivity index (χ0v) is 11.8. The number of para-hydroxylation sites is 1. The van der Waals surface area contributed by atoms with Crippen molar-refractivity contribution >= 4 is 33.4 Å². The number of nitro benzene ring substituents is 1. The van der Waals surface area contributed by atoms with E-state index < -0.39 is 0 Å². The zero-order chi connectivity index (χ0) is 13.0. The van der Waals surface area contributed by atoms with Gasteiger partial charge in [-0.25, -0.2) is 0 Å². The predicted octanol–water partition coefficient (Wildman–Crippen LogP) is 4.65. The molecule has 0 saturated carbocycles. The maximum atomic E-state index is 10.9. The fourth-order valence-corrected chi connectivity index (χ4v) is 2.93. The summed E-state index contributed by atoms with van der Waals surface area (Å²) in [5.74, 6) is 0.713. The van der Waals surface area contributed by atoms with Crippen LogP contribution < -0.4 is 0 Å². The van der Waals surface area contributed by atoms with Crippen LogP contribution in [-0.4, -0.2) is 4.92 Å². The van der Waals surface area contributed by atoms with Crippen LogP contribution in [0.2, 0.25) is 0 Å². The molecule has 0 aliphatic carbocycles. The Morgan fingerprint density at radius 1 is 1.17 bits per heavy atom. The fraction of sp³-hybridized carbons (Fsp3) is 0.0769. The highest BCUT2D eigenvalue weighted by Crippen LogP contribution is 2.31. The first-order valence-corrected chi connectivity index (χ1v) is 7.05. The summed E-state index contributed by atoms with van der Waals surface area (Å²) in [6, 6.07) is 14.7. The van der Waals surface area contributed by atoms with Crippen molar-refractivity contribution in [1.29, 1.82) is 0 Å². The van der Waals surface area contributed by atoms with E-state index in [1.807, 2.05) is 30.3 Å². The Balaban J connectivity index is 2.13. The normalized spacial score (nSPS) is 10.3. The van der Waals surface area contributed by atoms with Gasteiger partial charge in [-0.1, -0.05) is 40.2 Å². The Labute approximate surface area is 117 Å². The Bertz CT molecular complexity index is 574. The molecule has 0 radical (unpaired) electrons.